The number of fused-ring (bicyclic) bond motifs is 1. The van der Waals surface area contributed by atoms with Crippen molar-refractivity contribution in [2.24, 2.45) is 0 Å². The van der Waals surface area contributed by atoms with E-state index < -0.39 is 0 Å². The van der Waals surface area contributed by atoms with Crippen molar-refractivity contribution in [2.75, 3.05) is 6.66 Å². The van der Waals surface area contributed by atoms with E-state index >= 15 is 0 Å². The van der Waals surface area contributed by atoms with Crippen LogP contribution in [-0.4, -0.2) is 12.3 Å². The number of hydrogen-bond acceptors (Lipinski definition) is 0. The Hall–Kier alpha value is -0.350. The molecule has 0 fully saturated rings. The lowest BCUT2D eigenvalue weighted by Crippen LogP contribution is -1.99. The van der Waals surface area contributed by atoms with E-state index in [0.29, 0.717) is 0 Å². The van der Waals surface area contributed by atoms with Crippen LogP contribution in [0.25, 0.3) is 0 Å². The predicted octanol–water partition coefficient (Wildman–Crippen LogP) is 2.37. The summed E-state index contributed by atoms with van der Waals surface area (Å²) in [6.07, 6.45) is 1.30. The molecule has 1 heteroatoms. The molecule has 1 aromatic carbocycles. The molecule has 0 saturated heterocycles. The Bertz CT molecular complexity index is 267. The summed E-state index contributed by atoms with van der Waals surface area (Å²) in [6.45, 7) is 4.76. The first-order valence-electron chi connectivity index (χ1n) is 4.10. The SMILES string of the molecule is CC1Cc2ccccc2P1C. The summed E-state index contributed by atoms with van der Waals surface area (Å²) in [5.74, 6) is 0. The zero-order valence-corrected chi connectivity index (χ0v) is 7.94. The molecule has 0 N–H and O–H groups in total. The lowest BCUT2D eigenvalue weighted by atomic mass is 10.1. The lowest BCUT2D eigenvalue weighted by Gasteiger charge is -2.09. The van der Waals surface area contributed by atoms with Crippen LogP contribution in [0.15, 0.2) is 24.3 Å². The summed E-state index contributed by atoms with van der Waals surface area (Å²) in [6, 6.07) is 8.89. The van der Waals surface area contributed by atoms with Gasteiger partial charge in [0.25, 0.3) is 0 Å². The molecule has 2 rings (SSSR count). The van der Waals surface area contributed by atoms with Gasteiger partial charge in [-0.2, -0.15) is 0 Å². The molecule has 11 heavy (non-hydrogen) atoms. The second-order valence-corrected chi connectivity index (χ2v) is 5.88. The van der Waals surface area contributed by atoms with E-state index in [1.807, 2.05) is 0 Å². The van der Waals surface area contributed by atoms with Gasteiger partial charge in [-0.3, -0.25) is 0 Å². The molecule has 2 atom stereocenters. The molecular formula is C10H13P. The van der Waals surface area contributed by atoms with Crippen molar-refractivity contribution in [3.63, 3.8) is 0 Å². The Morgan fingerprint density at radius 1 is 1.36 bits per heavy atom. The van der Waals surface area contributed by atoms with Gasteiger partial charge in [0.1, 0.15) is 0 Å². The van der Waals surface area contributed by atoms with Crippen LogP contribution < -0.4 is 5.30 Å². The first-order chi connectivity index (χ1) is 5.29. The first kappa shape index (κ1) is 7.31. The van der Waals surface area contributed by atoms with Gasteiger partial charge in [-0.1, -0.05) is 39.1 Å². The molecule has 0 radical (unpaired) electrons. The standard InChI is InChI=1S/C10H13P/c1-8-7-9-5-3-4-6-10(9)11(8)2/h3-6,8H,7H2,1-2H3. The highest BCUT2D eigenvalue weighted by Gasteiger charge is 2.23. The maximum absolute atomic E-state index is 2.39. The zero-order chi connectivity index (χ0) is 7.84. The van der Waals surface area contributed by atoms with Crippen LogP contribution >= 0.6 is 7.92 Å². The highest BCUT2D eigenvalue weighted by atomic mass is 31.1. The van der Waals surface area contributed by atoms with Crippen molar-refractivity contribution in [3.8, 4) is 0 Å². The molecule has 0 saturated carbocycles. The van der Waals surface area contributed by atoms with Crippen molar-refractivity contribution >= 4 is 13.2 Å². The Labute approximate surface area is 69.4 Å². The fourth-order valence-electron chi connectivity index (χ4n) is 1.72. The minimum absolute atomic E-state index is 0.158. The van der Waals surface area contributed by atoms with Crippen LogP contribution in [0.2, 0.25) is 0 Å². The maximum Gasteiger partial charge on any atom is -0.0159 e. The highest BCUT2D eigenvalue weighted by molar-refractivity contribution is 7.66. The van der Waals surface area contributed by atoms with E-state index in [2.05, 4.69) is 37.9 Å². The molecule has 1 aliphatic rings. The van der Waals surface area contributed by atoms with Gasteiger partial charge in [-0.05, 0) is 29.6 Å². The van der Waals surface area contributed by atoms with E-state index in [9.17, 15) is 0 Å². The van der Waals surface area contributed by atoms with E-state index in [1.165, 1.54) is 6.42 Å². The van der Waals surface area contributed by atoms with Gasteiger partial charge in [0.05, 0.1) is 0 Å². The van der Waals surface area contributed by atoms with Crippen molar-refractivity contribution in [2.45, 2.75) is 19.0 Å². The second kappa shape index (κ2) is 2.60. The normalized spacial score (nSPS) is 28.5. The van der Waals surface area contributed by atoms with E-state index in [1.54, 1.807) is 10.9 Å². The topological polar surface area (TPSA) is 0 Å². The average molecular weight is 164 g/mol. The van der Waals surface area contributed by atoms with Crippen LogP contribution in [0.4, 0.5) is 0 Å². The van der Waals surface area contributed by atoms with Gasteiger partial charge in [-0.25, -0.2) is 0 Å². The Morgan fingerprint density at radius 3 is 2.82 bits per heavy atom. The summed E-state index contributed by atoms with van der Waals surface area (Å²) in [7, 11) is 0.158. The Kier molecular flexibility index (Phi) is 1.73. The fourth-order valence-corrected chi connectivity index (χ4v) is 3.61. The third kappa shape index (κ3) is 1.10. The third-order valence-corrected chi connectivity index (χ3v) is 5.25. The summed E-state index contributed by atoms with van der Waals surface area (Å²) >= 11 is 0. The number of rotatable bonds is 0. The molecule has 0 amide bonds. The van der Waals surface area contributed by atoms with Gasteiger partial charge >= 0.3 is 0 Å². The first-order valence-corrected chi connectivity index (χ1v) is 5.95. The van der Waals surface area contributed by atoms with E-state index in [0.717, 1.165) is 5.66 Å². The van der Waals surface area contributed by atoms with Gasteiger partial charge in [0.2, 0.25) is 0 Å². The van der Waals surface area contributed by atoms with Crippen LogP contribution in [-0.2, 0) is 6.42 Å². The third-order valence-electron chi connectivity index (χ3n) is 2.55. The summed E-state index contributed by atoms with van der Waals surface area (Å²) in [5, 5.41) is 1.63. The maximum atomic E-state index is 2.39. The van der Waals surface area contributed by atoms with Crippen LogP contribution in [0.1, 0.15) is 12.5 Å². The lowest BCUT2D eigenvalue weighted by molar-refractivity contribution is 0.960. The van der Waals surface area contributed by atoms with Crippen LogP contribution in [0.5, 0.6) is 0 Å². The van der Waals surface area contributed by atoms with Crippen molar-refractivity contribution in [1.82, 2.24) is 0 Å². The molecule has 1 aromatic rings. The quantitative estimate of drug-likeness (QED) is 0.516. The molecule has 0 bridgehead atoms. The van der Waals surface area contributed by atoms with Gasteiger partial charge in [-0.15, -0.1) is 0 Å². The predicted molar refractivity (Wildman–Crippen MR) is 52.1 cm³/mol. The van der Waals surface area contributed by atoms with Gasteiger partial charge in [0.15, 0.2) is 0 Å². The molecule has 2 unspecified atom stereocenters. The Balaban J connectivity index is 2.47. The van der Waals surface area contributed by atoms with Gasteiger partial charge in [0, 0.05) is 0 Å². The molecule has 58 valence electrons. The van der Waals surface area contributed by atoms with Crippen LogP contribution in [0.3, 0.4) is 0 Å². The zero-order valence-electron chi connectivity index (χ0n) is 7.04. The smallest absolute Gasteiger partial charge is 0.0159 e. The largest absolute Gasteiger partial charge is 0.0750 e. The van der Waals surface area contributed by atoms with Crippen LogP contribution in [0, 0.1) is 0 Å². The fraction of sp³-hybridized carbons (Fsp3) is 0.400. The monoisotopic (exact) mass is 164 g/mol. The van der Waals surface area contributed by atoms with Crippen molar-refractivity contribution in [1.29, 1.82) is 0 Å². The second-order valence-electron chi connectivity index (χ2n) is 3.29. The molecular weight excluding hydrogens is 151 g/mol. The minimum atomic E-state index is 0.158. The molecule has 1 aliphatic heterocycles. The number of benzene rings is 1. The highest BCUT2D eigenvalue weighted by Crippen LogP contribution is 2.43. The summed E-state index contributed by atoms with van der Waals surface area (Å²) in [5.41, 5.74) is 2.50. The minimum Gasteiger partial charge on any atom is -0.0750 e. The summed E-state index contributed by atoms with van der Waals surface area (Å²) < 4.78 is 0. The van der Waals surface area contributed by atoms with Crippen molar-refractivity contribution in [3.05, 3.63) is 29.8 Å². The summed E-state index contributed by atoms with van der Waals surface area (Å²) in [4.78, 5) is 0. The van der Waals surface area contributed by atoms with E-state index in [-0.39, 0.29) is 7.92 Å². The molecule has 0 aromatic heterocycles. The number of hydrogen-bond donors (Lipinski definition) is 0. The molecule has 0 nitrogen and oxygen atoms in total. The van der Waals surface area contributed by atoms with Crippen molar-refractivity contribution < 1.29 is 0 Å². The van der Waals surface area contributed by atoms with E-state index in [4.69, 9.17) is 0 Å². The average Bonchev–Trinajstić information content (AvgIpc) is 2.30. The Morgan fingerprint density at radius 2 is 2.09 bits per heavy atom. The molecule has 0 aliphatic carbocycles. The molecule has 1 heterocycles. The molecule has 0 spiro atoms. The van der Waals surface area contributed by atoms with Gasteiger partial charge < -0.3 is 0 Å².